The molecule has 3 rings (SSSR count). The van der Waals surface area contributed by atoms with Crippen LogP contribution in [0.2, 0.25) is 0 Å². The van der Waals surface area contributed by atoms with E-state index in [2.05, 4.69) is 5.32 Å². The van der Waals surface area contributed by atoms with Crippen LogP contribution in [-0.2, 0) is 9.53 Å². The van der Waals surface area contributed by atoms with Crippen LogP contribution in [0.1, 0.15) is 52.4 Å². The van der Waals surface area contributed by atoms with Crippen molar-refractivity contribution in [3.63, 3.8) is 0 Å². The Bertz CT molecular complexity index is 509. The van der Waals surface area contributed by atoms with Crippen molar-refractivity contribution in [1.82, 2.24) is 10.2 Å². The molecule has 6 atom stereocenters. The number of nitrogens with zero attached hydrogens (tertiary/aromatic N) is 1. The first-order valence-electron chi connectivity index (χ1n) is 10.1. The van der Waals surface area contributed by atoms with Gasteiger partial charge in [0.1, 0.15) is 31.2 Å². The normalized spacial score (nSPS) is 36.0. The Hall–Kier alpha value is -1.47. The van der Waals surface area contributed by atoms with E-state index in [1.807, 2.05) is 13.8 Å². The van der Waals surface area contributed by atoms with Gasteiger partial charge in [-0.05, 0) is 32.1 Å². The van der Waals surface area contributed by atoms with E-state index in [9.17, 15) is 22.8 Å². The molecule has 5 nitrogen and oxygen atoms in total. The van der Waals surface area contributed by atoms with Gasteiger partial charge in [0.15, 0.2) is 0 Å². The number of nitrogens with one attached hydrogen (secondary N) is 1. The van der Waals surface area contributed by atoms with Crippen LogP contribution < -0.4 is 5.32 Å². The Morgan fingerprint density at radius 3 is 2.48 bits per heavy atom. The van der Waals surface area contributed by atoms with Crippen molar-refractivity contribution in [1.29, 1.82) is 0 Å². The second-order valence-electron chi connectivity index (χ2n) is 7.46. The minimum absolute atomic E-state index is 0.0932. The van der Waals surface area contributed by atoms with Crippen molar-refractivity contribution in [3.8, 4) is 0 Å². The Morgan fingerprint density at radius 1 is 1.11 bits per heavy atom. The molecule has 0 bridgehead atoms. The Balaban J connectivity index is 0.00000126. The maximum absolute atomic E-state index is 13.8. The molecule has 3 aliphatic rings. The van der Waals surface area contributed by atoms with Gasteiger partial charge in [-0.25, -0.2) is 18.0 Å². The van der Waals surface area contributed by atoms with E-state index in [0.29, 0.717) is 38.6 Å². The molecule has 3 fully saturated rings. The minimum atomic E-state index is -1.26. The first-order chi connectivity index (χ1) is 12.9. The molecular formula is C19H31F3N2O3. The lowest BCUT2D eigenvalue weighted by Gasteiger charge is -2.41. The number of halogens is 3. The molecule has 27 heavy (non-hydrogen) atoms. The molecule has 0 radical (unpaired) electrons. The van der Waals surface area contributed by atoms with E-state index in [0.717, 1.165) is 0 Å². The van der Waals surface area contributed by atoms with Crippen LogP contribution >= 0.6 is 0 Å². The maximum Gasteiger partial charge on any atom is 0.410 e. The van der Waals surface area contributed by atoms with Crippen LogP contribution in [-0.4, -0.2) is 61.2 Å². The number of carbonyl (C=O) groups excluding carboxylic acids is 2. The number of hydrogen-bond acceptors (Lipinski definition) is 3. The Labute approximate surface area is 159 Å². The lowest BCUT2D eigenvalue weighted by molar-refractivity contribution is -0.124. The highest BCUT2D eigenvalue weighted by molar-refractivity contribution is 5.82. The number of carbonyl (C=O) groups is 2. The van der Waals surface area contributed by atoms with Crippen molar-refractivity contribution in [2.45, 2.75) is 77.0 Å². The summed E-state index contributed by atoms with van der Waals surface area (Å²) < 4.78 is 45.7. The molecule has 2 amide bonds. The lowest BCUT2D eigenvalue weighted by atomic mass is 9.84. The zero-order valence-corrected chi connectivity index (χ0v) is 16.1. The molecule has 0 aromatic rings. The zero-order valence-electron chi connectivity index (χ0n) is 16.1. The Morgan fingerprint density at radius 2 is 1.78 bits per heavy atom. The molecule has 0 aromatic carbocycles. The average molecular weight is 392 g/mol. The van der Waals surface area contributed by atoms with Crippen molar-refractivity contribution in [2.75, 3.05) is 19.6 Å². The SMILES string of the molecule is CC.O=C(CN1CC2CC(F)CCC2OC1=O)NCC1CCC(F)CC1F. The third-order valence-electron chi connectivity index (χ3n) is 5.55. The zero-order chi connectivity index (χ0) is 20.0. The van der Waals surface area contributed by atoms with E-state index in [4.69, 9.17) is 4.74 Å². The fourth-order valence-corrected chi connectivity index (χ4v) is 4.05. The monoisotopic (exact) mass is 392 g/mol. The van der Waals surface area contributed by atoms with Crippen molar-refractivity contribution < 1.29 is 27.5 Å². The van der Waals surface area contributed by atoms with Gasteiger partial charge in [0, 0.05) is 31.3 Å². The molecule has 1 saturated heterocycles. The van der Waals surface area contributed by atoms with Gasteiger partial charge in [-0.1, -0.05) is 13.8 Å². The number of hydrogen-bond donors (Lipinski definition) is 1. The second kappa shape index (κ2) is 10.2. The summed E-state index contributed by atoms with van der Waals surface area (Å²) in [6.07, 6.45) is -2.21. The van der Waals surface area contributed by atoms with Crippen molar-refractivity contribution in [2.24, 2.45) is 11.8 Å². The van der Waals surface area contributed by atoms with Gasteiger partial charge < -0.3 is 10.1 Å². The van der Waals surface area contributed by atoms with E-state index in [1.165, 1.54) is 4.90 Å². The topological polar surface area (TPSA) is 58.6 Å². The van der Waals surface area contributed by atoms with Gasteiger partial charge in [0.2, 0.25) is 5.91 Å². The Kier molecular flexibility index (Phi) is 8.23. The number of amides is 2. The molecule has 2 aliphatic carbocycles. The third kappa shape index (κ3) is 6.01. The first-order valence-corrected chi connectivity index (χ1v) is 10.1. The summed E-state index contributed by atoms with van der Waals surface area (Å²) in [6, 6.07) is 0. The number of rotatable bonds is 4. The van der Waals surface area contributed by atoms with Crippen LogP contribution in [0.15, 0.2) is 0 Å². The fourth-order valence-electron chi connectivity index (χ4n) is 4.05. The van der Waals surface area contributed by atoms with Gasteiger partial charge in [0.05, 0.1) is 0 Å². The predicted molar refractivity (Wildman–Crippen MR) is 95.6 cm³/mol. The highest BCUT2D eigenvalue weighted by Crippen LogP contribution is 2.33. The highest BCUT2D eigenvalue weighted by Gasteiger charge is 2.40. The summed E-state index contributed by atoms with van der Waals surface area (Å²) in [5, 5.41) is 2.62. The van der Waals surface area contributed by atoms with Gasteiger partial charge in [-0.2, -0.15) is 0 Å². The van der Waals surface area contributed by atoms with Crippen LogP contribution in [0.5, 0.6) is 0 Å². The van der Waals surface area contributed by atoms with Gasteiger partial charge in [0.25, 0.3) is 0 Å². The first kappa shape index (κ1) is 21.8. The molecule has 0 aromatic heterocycles. The standard InChI is InChI=1S/C17H25F3N2O3.C2H6/c18-12-3-4-15-11(5-12)8-22(17(24)25-15)9-16(23)21-7-10-1-2-13(19)6-14(10)20;1-2/h10-15H,1-9H2,(H,21,23);1-2H3. The quantitative estimate of drug-likeness (QED) is 0.796. The molecule has 1 N–H and O–H groups in total. The van der Waals surface area contributed by atoms with Crippen molar-refractivity contribution in [3.05, 3.63) is 0 Å². The van der Waals surface area contributed by atoms with Crippen LogP contribution in [0, 0.1) is 11.8 Å². The number of ether oxygens (including phenoxy) is 1. The summed E-state index contributed by atoms with van der Waals surface area (Å²) in [6.45, 7) is 4.25. The summed E-state index contributed by atoms with van der Waals surface area (Å²) in [7, 11) is 0. The third-order valence-corrected chi connectivity index (χ3v) is 5.55. The molecular weight excluding hydrogens is 361 g/mol. The van der Waals surface area contributed by atoms with Crippen LogP contribution in [0.4, 0.5) is 18.0 Å². The van der Waals surface area contributed by atoms with E-state index in [-0.39, 0.29) is 37.5 Å². The van der Waals surface area contributed by atoms with Gasteiger partial charge >= 0.3 is 6.09 Å². The summed E-state index contributed by atoms with van der Waals surface area (Å²) in [5.41, 5.74) is 0. The predicted octanol–water partition coefficient (Wildman–Crippen LogP) is 3.56. The smallest absolute Gasteiger partial charge is 0.410 e. The minimum Gasteiger partial charge on any atom is -0.446 e. The van der Waals surface area contributed by atoms with E-state index < -0.39 is 30.5 Å². The maximum atomic E-state index is 13.8. The molecule has 1 heterocycles. The summed E-state index contributed by atoms with van der Waals surface area (Å²) in [5.74, 6) is -0.888. The molecule has 1 aliphatic heterocycles. The van der Waals surface area contributed by atoms with Crippen molar-refractivity contribution >= 4 is 12.0 Å². The van der Waals surface area contributed by atoms with E-state index >= 15 is 0 Å². The molecule has 8 heteroatoms. The molecule has 0 spiro atoms. The lowest BCUT2D eigenvalue weighted by Crippen LogP contribution is -2.53. The molecule has 6 unspecified atom stereocenters. The number of fused-ring (bicyclic) bond motifs is 1. The second-order valence-corrected chi connectivity index (χ2v) is 7.46. The summed E-state index contributed by atoms with van der Waals surface area (Å²) in [4.78, 5) is 25.3. The molecule has 2 saturated carbocycles. The van der Waals surface area contributed by atoms with Gasteiger partial charge in [-0.3, -0.25) is 9.69 Å². The number of alkyl halides is 3. The van der Waals surface area contributed by atoms with Crippen LogP contribution in [0.3, 0.4) is 0 Å². The molecule has 156 valence electrons. The van der Waals surface area contributed by atoms with Gasteiger partial charge in [-0.15, -0.1) is 0 Å². The van der Waals surface area contributed by atoms with E-state index in [1.54, 1.807) is 0 Å². The average Bonchev–Trinajstić information content (AvgIpc) is 2.63. The van der Waals surface area contributed by atoms with Crippen LogP contribution in [0.25, 0.3) is 0 Å². The highest BCUT2D eigenvalue weighted by atomic mass is 19.1. The summed E-state index contributed by atoms with van der Waals surface area (Å²) >= 11 is 0. The largest absolute Gasteiger partial charge is 0.446 e. The fraction of sp³-hybridized carbons (Fsp3) is 0.895.